The highest BCUT2D eigenvalue weighted by Gasteiger charge is 2.35. The van der Waals surface area contributed by atoms with E-state index in [1.54, 1.807) is 4.57 Å². The molecule has 8 heteroatoms. The van der Waals surface area contributed by atoms with Crippen molar-refractivity contribution in [3.8, 4) is 0 Å². The van der Waals surface area contributed by atoms with E-state index in [0.29, 0.717) is 28.4 Å². The molecule has 0 saturated carbocycles. The van der Waals surface area contributed by atoms with Crippen LogP contribution in [-0.4, -0.2) is 37.5 Å². The fourth-order valence-electron chi connectivity index (χ4n) is 3.95. The summed E-state index contributed by atoms with van der Waals surface area (Å²) in [5.74, 6) is 0.734. The van der Waals surface area contributed by atoms with Crippen molar-refractivity contribution in [2.45, 2.75) is 37.0 Å². The van der Waals surface area contributed by atoms with Gasteiger partial charge in [-0.05, 0) is 25.0 Å². The monoisotopic (exact) mass is 367 g/mol. The van der Waals surface area contributed by atoms with Gasteiger partial charge in [-0.25, -0.2) is 4.98 Å². The van der Waals surface area contributed by atoms with Gasteiger partial charge in [0, 0.05) is 23.9 Å². The second-order valence-corrected chi connectivity index (χ2v) is 7.80. The van der Waals surface area contributed by atoms with Crippen molar-refractivity contribution in [1.82, 2.24) is 19.7 Å². The zero-order chi connectivity index (χ0) is 17.8. The predicted molar refractivity (Wildman–Crippen MR) is 99.6 cm³/mol. The molecule has 4 heterocycles. The molecule has 0 saturated heterocycles. The lowest BCUT2D eigenvalue weighted by molar-refractivity contribution is -0.119. The quantitative estimate of drug-likeness (QED) is 0.702. The summed E-state index contributed by atoms with van der Waals surface area (Å²) in [6.45, 7) is 2.07. The molecule has 2 aromatic heterocycles. The van der Waals surface area contributed by atoms with Crippen molar-refractivity contribution < 1.29 is 4.79 Å². The molecule has 0 radical (unpaired) electrons. The van der Waals surface area contributed by atoms with Gasteiger partial charge in [0.1, 0.15) is 5.39 Å². The van der Waals surface area contributed by atoms with E-state index in [-0.39, 0.29) is 23.6 Å². The van der Waals surface area contributed by atoms with E-state index in [0.717, 1.165) is 12.1 Å². The Bertz CT molecular complexity index is 1090. The maximum absolute atomic E-state index is 13.1. The van der Waals surface area contributed by atoms with Gasteiger partial charge in [-0.3, -0.25) is 19.3 Å². The molecule has 0 fully saturated rings. The lowest BCUT2D eigenvalue weighted by Gasteiger charge is -2.24. The number of rotatable bonds is 2. The third kappa shape index (κ3) is 2.21. The Balaban J connectivity index is 1.47. The Morgan fingerprint density at radius 2 is 2.23 bits per heavy atom. The van der Waals surface area contributed by atoms with Crippen molar-refractivity contribution in [3.63, 3.8) is 0 Å². The van der Waals surface area contributed by atoms with Gasteiger partial charge in [-0.1, -0.05) is 30.0 Å². The molecule has 3 aromatic rings. The maximum Gasteiger partial charge on any atom is 0.265 e. The second kappa shape index (κ2) is 5.70. The van der Waals surface area contributed by atoms with Crippen LogP contribution in [0.15, 0.2) is 40.4 Å². The smallest absolute Gasteiger partial charge is 0.265 e. The van der Waals surface area contributed by atoms with Crippen LogP contribution in [-0.2, 0) is 11.2 Å². The average molecular weight is 367 g/mol. The lowest BCUT2D eigenvalue weighted by Crippen LogP contribution is -2.38. The predicted octanol–water partition coefficient (Wildman–Crippen LogP) is 2.13. The van der Waals surface area contributed by atoms with Crippen LogP contribution in [0.5, 0.6) is 0 Å². The number of H-pyrrole nitrogens is 1. The van der Waals surface area contributed by atoms with Crippen molar-refractivity contribution in [3.05, 3.63) is 46.4 Å². The highest BCUT2D eigenvalue weighted by Crippen LogP contribution is 2.36. The van der Waals surface area contributed by atoms with Gasteiger partial charge in [0.25, 0.3) is 5.56 Å². The van der Waals surface area contributed by atoms with E-state index in [4.69, 9.17) is 0 Å². The molecule has 2 unspecified atom stereocenters. The Kier molecular flexibility index (Phi) is 3.43. The Labute approximate surface area is 153 Å². The van der Waals surface area contributed by atoms with Crippen LogP contribution >= 0.6 is 11.8 Å². The van der Waals surface area contributed by atoms with Crippen molar-refractivity contribution in [2.24, 2.45) is 0 Å². The number of anilines is 1. The Morgan fingerprint density at radius 3 is 3.12 bits per heavy atom. The number of aromatic nitrogens is 4. The third-order valence-corrected chi connectivity index (χ3v) is 6.24. The molecular weight excluding hydrogens is 350 g/mol. The average Bonchev–Trinajstić information content (AvgIpc) is 3.31. The normalized spacial score (nSPS) is 21.2. The number of amides is 1. The highest BCUT2D eigenvalue weighted by atomic mass is 32.2. The molecule has 2 aliphatic heterocycles. The van der Waals surface area contributed by atoms with E-state index in [1.165, 1.54) is 23.5 Å². The number of thioether (sulfide) groups is 1. The van der Waals surface area contributed by atoms with Gasteiger partial charge < -0.3 is 4.90 Å². The summed E-state index contributed by atoms with van der Waals surface area (Å²) >= 11 is 1.51. The molecule has 1 N–H and O–H groups in total. The van der Waals surface area contributed by atoms with Gasteiger partial charge in [0.2, 0.25) is 5.91 Å². The molecular formula is C18H17N5O2S. The summed E-state index contributed by atoms with van der Waals surface area (Å²) in [5, 5.41) is 7.76. The van der Waals surface area contributed by atoms with Gasteiger partial charge >= 0.3 is 0 Å². The van der Waals surface area contributed by atoms with Gasteiger partial charge in [-0.2, -0.15) is 5.10 Å². The molecule has 0 spiro atoms. The van der Waals surface area contributed by atoms with Gasteiger partial charge in [0.15, 0.2) is 10.8 Å². The Morgan fingerprint density at radius 1 is 1.38 bits per heavy atom. The second-order valence-electron chi connectivity index (χ2n) is 6.82. The van der Waals surface area contributed by atoms with Crippen LogP contribution < -0.4 is 10.5 Å². The number of hydrogen-bond acceptors (Lipinski definition) is 5. The fraction of sp³-hybridized carbons (Fsp3) is 0.333. The maximum atomic E-state index is 13.1. The van der Waals surface area contributed by atoms with E-state index >= 15 is 0 Å². The summed E-state index contributed by atoms with van der Waals surface area (Å²) in [6.07, 6.45) is 2.66. The topological polar surface area (TPSA) is 83.9 Å². The minimum Gasteiger partial charge on any atom is -0.309 e. The number of carbonyl (C=O) groups excluding carboxylic acids is 1. The summed E-state index contributed by atoms with van der Waals surface area (Å²) in [6, 6.07) is 7.99. The summed E-state index contributed by atoms with van der Waals surface area (Å²) in [5.41, 5.74) is 2.57. The van der Waals surface area contributed by atoms with E-state index < -0.39 is 0 Å². The van der Waals surface area contributed by atoms with E-state index in [2.05, 4.69) is 28.2 Å². The minimum atomic E-state index is -0.179. The highest BCUT2D eigenvalue weighted by molar-refractivity contribution is 7.99. The number of carbonyl (C=O) groups is 1. The van der Waals surface area contributed by atoms with Crippen molar-refractivity contribution >= 4 is 34.4 Å². The summed E-state index contributed by atoms with van der Waals surface area (Å²) < 4.78 is 1.66. The van der Waals surface area contributed by atoms with Crippen LogP contribution in [0.2, 0.25) is 0 Å². The largest absolute Gasteiger partial charge is 0.309 e. The van der Waals surface area contributed by atoms with Crippen LogP contribution in [0.3, 0.4) is 0 Å². The zero-order valence-corrected chi connectivity index (χ0v) is 15.0. The SMILES string of the molecule is CC1Cc2ccccc2N1C(=O)CC1CSc2nc3[nH]ncc3c(=O)n21. The molecule has 1 amide bonds. The third-order valence-electron chi connectivity index (χ3n) is 5.14. The molecule has 5 rings (SSSR count). The molecule has 2 aliphatic rings. The molecule has 132 valence electrons. The molecule has 7 nitrogen and oxygen atoms in total. The molecule has 0 aliphatic carbocycles. The number of fused-ring (bicyclic) bond motifs is 3. The first-order valence-corrected chi connectivity index (χ1v) is 9.60. The first-order valence-electron chi connectivity index (χ1n) is 8.62. The number of hydrogen-bond donors (Lipinski definition) is 1. The summed E-state index contributed by atoms with van der Waals surface area (Å²) in [4.78, 5) is 32.2. The Hall–Kier alpha value is -2.61. The van der Waals surface area contributed by atoms with E-state index in [1.807, 2.05) is 23.1 Å². The van der Waals surface area contributed by atoms with Crippen LogP contribution in [0.4, 0.5) is 5.69 Å². The van der Waals surface area contributed by atoms with Crippen molar-refractivity contribution in [2.75, 3.05) is 10.7 Å². The first-order chi connectivity index (χ1) is 12.6. The molecule has 26 heavy (non-hydrogen) atoms. The van der Waals surface area contributed by atoms with Gasteiger partial charge in [0.05, 0.1) is 12.2 Å². The number of aromatic amines is 1. The number of benzene rings is 1. The van der Waals surface area contributed by atoms with Crippen molar-refractivity contribution in [1.29, 1.82) is 0 Å². The minimum absolute atomic E-state index is 0.0556. The standard InChI is InChI=1S/C18H17N5O2S/c1-10-6-11-4-2-3-5-14(11)22(10)15(24)7-12-9-26-18-20-16-13(8-19-21-16)17(25)23(12)18/h2-5,8,10,12H,6-7,9H2,1H3,(H,19,21). The number of nitrogens with zero attached hydrogens (tertiary/aromatic N) is 4. The molecule has 1 aromatic carbocycles. The zero-order valence-electron chi connectivity index (χ0n) is 14.2. The van der Waals surface area contributed by atoms with Crippen LogP contribution in [0, 0.1) is 0 Å². The number of nitrogens with one attached hydrogen (secondary N) is 1. The van der Waals surface area contributed by atoms with Gasteiger partial charge in [-0.15, -0.1) is 0 Å². The van der Waals surface area contributed by atoms with Crippen LogP contribution in [0.25, 0.3) is 11.0 Å². The lowest BCUT2D eigenvalue weighted by atomic mass is 10.1. The fourth-order valence-corrected chi connectivity index (χ4v) is 5.09. The summed E-state index contributed by atoms with van der Waals surface area (Å²) in [7, 11) is 0. The molecule has 2 atom stereocenters. The van der Waals surface area contributed by atoms with Crippen LogP contribution in [0.1, 0.15) is 24.9 Å². The molecule has 0 bridgehead atoms. The first kappa shape index (κ1) is 15.6. The van der Waals surface area contributed by atoms with E-state index in [9.17, 15) is 9.59 Å². The number of para-hydroxylation sites is 1.